The highest BCUT2D eigenvalue weighted by Gasteiger charge is 2.38. The van der Waals surface area contributed by atoms with Gasteiger partial charge in [-0.15, -0.1) is 11.3 Å². The quantitative estimate of drug-likeness (QED) is 0.799. The molecule has 2 aliphatic heterocycles. The highest BCUT2D eigenvalue weighted by molar-refractivity contribution is 7.12. The normalized spacial score (nSPS) is 19.7. The Hall–Kier alpha value is -2.67. The lowest BCUT2D eigenvalue weighted by Crippen LogP contribution is -2.55. The van der Waals surface area contributed by atoms with Crippen molar-refractivity contribution in [3.05, 3.63) is 58.3 Å². The van der Waals surface area contributed by atoms with Crippen LogP contribution < -0.4 is 0 Å². The molecule has 2 saturated heterocycles. The van der Waals surface area contributed by atoms with Crippen molar-refractivity contribution in [2.45, 2.75) is 18.9 Å². The minimum absolute atomic E-state index is 0.00284. The molecule has 1 atom stereocenters. The first-order chi connectivity index (χ1) is 13.6. The summed E-state index contributed by atoms with van der Waals surface area (Å²) in [5.41, 5.74) is 0.672. The van der Waals surface area contributed by atoms with Crippen LogP contribution in [-0.4, -0.2) is 71.2 Å². The number of hydrogen-bond acceptors (Lipinski definition) is 4. The molecular formula is C21H23N3O3S. The number of hydrogen-bond donors (Lipinski definition) is 0. The van der Waals surface area contributed by atoms with E-state index in [2.05, 4.69) is 0 Å². The molecule has 146 valence electrons. The van der Waals surface area contributed by atoms with Gasteiger partial charge in [0.1, 0.15) is 6.04 Å². The van der Waals surface area contributed by atoms with Gasteiger partial charge in [0.15, 0.2) is 0 Å². The van der Waals surface area contributed by atoms with Crippen molar-refractivity contribution in [1.82, 2.24) is 14.7 Å². The number of carbonyl (C=O) groups excluding carboxylic acids is 3. The van der Waals surface area contributed by atoms with E-state index in [0.29, 0.717) is 49.6 Å². The van der Waals surface area contributed by atoms with Crippen LogP contribution in [0.2, 0.25) is 0 Å². The molecular weight excluding hydrogens is 374 g/mol. The van der Waals surface area contributed by atoms with Crippen molar-refractivity contribution >= 4 is 29.1 Å². The molecule has 3 amide bonds. The molecule has 7 heteroatoms. The minimum atomic E-state index is -0.383. The molecule has 0 saturated carbocycles. The zero-order valence-corrected chi connectivity index (χ0v) is 16.4. The Morgan fingerprint density at radius 1 is 0.821 bits per heavy atom. The number of rotatable bonds is 3. The fraction of sp³-hybridized carbons (Fsp3) is 0.381. The van der Waals surface area contributed by atoms with Crippen LogP contribution in [0.4, 0.5) is 0 Å². The summed E-state index contributed by atoms with van der Waals surface area (Å²) < 4.78 is 0. The first-order valence-electron chi connectivity index (χ1n) is 9.63. The predicted octanol–water partition coefficient (Wildman–Crippen LogP) is 2.34. The van der Waals surface area contributed by atoms with E-state index in [1.165, 1.54) is 11.3 Å². The summed E-state index contributed by atoms with van der Waals surface area (Å²) in [5, 5.41) is 1.88. The summed E-state index contributed by atoms with van der Waals surface area (Å²) in [4.78, 5) is 44.4. The molecule has 6 nitrogen and oxygen atoms in total. The van der Waals surface area contributed by atoms with Gasteiger partial charge in [-0.1, -0.05) is 24.3 Å². The summed E-state index contributed by atoms with van der Waals surface area (Å²) in [6.07, 6.45) is 1.55. The van der Waals surface area contributed by atoms with E-state index in [1.807, 2.05) is 41.8 Å². The number of carbonyl (C=O) groups is 3. The number of benzene rings is 1. The molecule has 0 spiro atoms. The Kier molecular flexibility index (Phi) is 5.43. The van der Waals surface area contributed by atoms with Crippen molar-refractivity contribution in [2.24, 2.45) is 0 Å². The third-order valence-corrected chi connectivity index (χ3v) is 6.29. The number of piperazine rings is 1. The average molecular weight is 398 g/mol. The molecule has 0 aliphatic carbocycles. The van der Waals surface area contributed by atoms with Crippen molar-refractivity contribution in [3.63, 3.8) is 0 Å². The van der Waals surface area contributed by atoms with Crippen LogP contribution >= 0.6 is 11.3 Å². The molecule has 3 heterocycles. The predicted molar refractivity (Wildman–Crippen MR) is 107 cm³/mol. The maximum Gasteiger partial charge on any atom is 0.264 e. The standard InChI is InChI=1S/C21H23N3O3S/c25-19(16-6-2-1-3-7-16)22-11-13-23(14-12-22)20(26)17-8-4-10-24(17)21(27)18-9-5-15-28-18/h1-3,5-7,9,15,17H,4,8,10-14H2/t17-/m0/s1. The lowest BCUT2D eigenvalue weighted by molar-refractivity contribution is -0.136. The van der Waals surface area contributed by atoms with Crippen molar-refractivity contribution in [3.8, 4) is 0 Å². The molecule has 2 aliphatic rings. The van der Waals surface area contributed by atoms with Crippen LogP contribution in [-0.2, 0) is 4.79 Å². The van der Waals surface area contributed by atoms with Gasteiger partial charge in [0.05, 0.1) is 4.88 Å². The highest BCUT2D eigenvalue weighted by Crippen LogP contribution is 2.24. The summed E-state index contributed by atoms with van der Waals surface area (Å²) in [6, 6.07) is 12.5. The molecule has 0 bridgehead atoms. The lowest BCUT2D eigenvalue weighted by atomic mass is 10.1. The van der Waals surface area contributed by atoms with Gasteiger partial charge >= 0.3 is 0 Å². The molecule has 0 radical (unpaired) electrons. The van der Waals surface area contributed by atoms with Crippen LogP contribution in [0.3, 0.4) is 0 Å². The van der Waals surface area contributed by atoms with Crippen LogP contribution in [0.1, 0.15) is 32.9 Å². The molecule has 0 N–H and O–H groups in total. The van der Waals surface area contributed by atoms with Gasteiger partial charge in [-0.05, 0) is 36.4 Å². The van der Waals surface area contributed by atoms with Crippen LogP contribution in [0.15, 0.2) is 47.8 Å². The number of amides is 3. The van der Waals surface area contributed by atoms with Crippen LogP contribution in [0.5, 0.6) is 0 Å². The molecule has 4 rings (SSSR count). The second-order valence-electron chi connectivity index (χ2n) is 7.12. The maximum atomic E-state index is 13.1. The fourth-order valence-electron chi connectivity index (χ4n) is 3.91. The van der Waals surface area contributed by atoms with E-state index >= 15 is 0 Å². The zero-order valence-electron chi connectivity index (χ0n) is 15.6. The summed E-state index contributed by atoms with van der Waals surface area (Å²) >= 11 is 1.41. The smallest absolute Gasteiger partial charge is 0.264 e. The molecule has 0 unspecified atom stereocenters. The average Bonchev–Trinajstić information content (AvgIpc) is 3.45. The molecule has 28 heavy (non-hydrogen) atoms. The van der Waals surface area contributed by atoms with Gasteiger partial charge in [-0.3, -0.25) is 14.4 Å². The second-order valence-corrected chi connectivity index (χ2v) is 8.07. The zero-order chi connectivity index (χ0) is 19.5. The Morgan fingerprint density at radius 2 is 1.54 bits per heavy atom. The van der Waals surface area contributed by atoms with Gasteiger partial charge < -0.3 is 14.7 Å². The Bertz CT molecular complexity index is 845. The lowest BCUT2D eigenvalue weighted by Gasteiger charge is -2.37. The van der Waals surface area contributed by atoms with E-state index in [0.717, 1.165) is 6.42 Å². The van der Waals surface area contributed by atoms with Gasteiger partial charge in [-0.2, -0.15) is 0 Å². The summed E-state index contributed by atoms with van der Waals surface area (Å²) in [5.74, 6) is -0.0407. The molecule has 1 aromatic heterocycles. The van der Waals surface area contributed by atoms with Gasteiger partial charge in [0, 0.05) is 38.3 Å². The van der Waals surface area contributed by atoms with E-state index < -0.39 is 0 Å². The third-order valence-electron chi connectivity index (χ3n) is 5.43. The summed E-state index contributed by atoms with van der Waals surface area (Å²) in [6.45, 7) is 2.68. The topological polar surface area (TPSA) is 60.9 Å². The Labute approximate surface area is 168 Å². The first kappa shape index (κ1) is 18.7. The minimum Gasteiger partial charge on any atom is -0.337 e. The Morgan fingerprint density at radius 3 is 2.21 bits per heavy atom. The third kappa shape index (κ3) is 3.67. The number of thiophene rings is 1. The van der Waals surface area contributed by atoms with E-state index in [-0.39, 0.29) is 23.8 Å². The van der Waals surface area contributed by atoms with Crippen molar-refractivity contribution < 1.29 is 14.4 Å². The Balaban J connectivity index is 1.37. The van der Waals surface area contributed by atoms with Gasteiger partial charge in [0.25, 0.3) is 11.8 Å². The SMILES string of the molecule is O=C(c1ccccc1)N1CCN(C(=O)[C@@H]2CCCN2C(=O)c2cccs2)CC1. The van der Waals surface area contributed by atoms with Gasteiger partial charge in [0.2, 0.25) is 5.91 Å². The first-order valence-corrected chi connectivity index (χ1v) is 10.5. The van der Waals surface area contributed by atoms with E-state index in [1.54, 1.807) is 20.8 Å². The van der Waals surface area contributed by atoms with Crippen LogP contribution in [0.25, 0.3) is 0 Å². The van der Waals surface area contributed by atoms with E-state index in [4.69, 9.17) is 0 Å². The van der Waals surface area contributed by atoms with Crippen molar-refractivity contribution in [1.29, 1.82) is 0 Å². The highest BCUT2D eigenvalue weighted by atomic mass is 32.1. The molecule has 1 aromatic carbocycles. The number of nitrogens with zero attached hydrogens (tertiary/aromatic N) is 3. The monoisotopic (exact) mass is 397 g/mol. The molecule has 2 aromatic rings. The summed E-state index contributed by atoms with van der Waals surface area (Å²) in [7, 11) is 0. The van der Waals surface area contributed by atoms with Gasteiger partial charge in [-0.25, -0.2) is 0 Å². The maximum absolute atomic E-state index is 13.1. The number of likely N-dealkylation sites (tertiary alicyclic amines) is 1. The largest absolute Gasteiger partial charge is 0.337 e. The van der Waals surface area contributed by atoms with E-state index in [9.17, 15) is 14.4 Å². The fourth-order valence-corrected chi connectivity index (χ4v) is 4.59. The van der Waals surface area contributed by atoms with Crippen molar-refractivity contribution in [2.75, 3.05) is 32.7 Å². The second kappa shape index (κ2) is 8.14. The molecule has 2 fully saturated rings. The van der Waals surface area contributed by atoms with Crippen LogP contribution in [0, 0.1) is 0 Å².